The van der Waals surface area contributed by atoms with Gasteiger partial charge >= 0.3 is 0 Å². The third kappa shape index (κ3) is 5.18. The van der Waals surface area contributed by atoms with Crippen molar-refractivity contribution >= 4 is 22.7 Å². The Morgan fingerprint density at radius 1 is 0.529 bits per heavy atom. The van der Waals surface area contributed by atoms with Crippen molar-refractivity contribution < 1.29 is 9.47 Å². The van der Waals surface area contributed by atoms with E-state index in [1.165, 1.54) is 0 Å². The first-order valence-corrected chi connectivity index (χ1v) is 11.1. The van der Waals surface area contributed by atoms with Crippen LogP contribution in [0.1, 0.15) is 23.2 Å². The molecule has 6 nitrogen and oxygen atoms in total. The third-order valence-corrected chi connectivity index (χ3v) is 5.82. The van der Waals surface area contributed by atoms with E-state index in [1.54, 1.807) is 14.2 Å². The Morgan fingerprint density at radius 3 is 1.21 bits per heavy atom. The third-order valence-electron chi connectivity index (χ3n) is 5.82. The fraction of sp³-hybridized carbons (Fsp3) is 0.143. The fourth-order valence-corrected chi connectivity index (χ4v) is 4.00. The maximum Gasteiger partial charge on any atom is 0.119 e. The Morgan fingerprint density at radius 2 is 0.882 bits per heavy atom. The first kappa shape index (κ1) is 22.9. The van der Waals surface area contributed by atoms with E-state index >= 15 is 0 Å². The molecule has 0 aliphatic carbocycles. The summed E-state index contributed by atoms with van der Waals surface area (Å²) in [5, 5.41) is 7.36. The first-order chi connectivity index (χ1) is 16.6. The highest BCUT2D eigenvalue weighted by Crippen LogP contribution is 2.39. The van der Waals surface area contributed by atoms with E-state index in [0.29, 0.717) is 11.4 Å². The van der Waals surface area contributed by atoms with Crippen molar-refractivity contribution in [1.82, 2.24) is 0 Å². The summed E-state index contributed by atoms with van der Waals surface area (Å²) in [6.07, 6.45) is 0. The quantitative estimate of drug-likeness (QED) is 0.236. The van der Waals surface area contributed by atoms with Crippen LogP contribution in [0.3, 0.4) is 0 Å². The largest absolute Gasteiger partial charge is 0.497 e. The zero-order chi connectivity index (χ0) is 23.9. The number of nitrogens with one attached hydrogen (secondary N) is 2. The lowest BCUT2D eigenvalue weighted by Gasteiger charge is -2.33. The summed E-state index contributed by atoms with van der Waals surface area (Å²) >= 11 is 0. The molecule has 0 spiro atoms. The SMILES string of the molecule is COc1ccc(NC(c2ccccc2N)C(Nc2ccc(OC)cc2)c2ccccc2N)cc1. The van der Waals surface area contributed by atoms with Crippen molar-refractivity contribution in [2.45, 2.75) is 12.1 Å². The Bertz CT molecular complexity index is 1110. The molecule has 0 bridgehead atoms. The summed E-state index contributed by atoms with van der Waals surface area (Å²) in [6, 6.07) is 31.0. The van der Waals surface area contributed by atoms with Crippen LogP contribution in [0.5, 0.6) is 11.5 Å². The van der Waals surface area contributed by atoms with E-state index in [1.807, 2.05) is 97.1 Å². The summed E-state index contributed by atoms with van der Waals surface area (Å²) in [6.45, 7) is 0. The van der Waals surface area contributed by atoms with Crippen LogP contribution in [0.4, 0.5) is 22.7 Å². The van der Waals surface area contributed by atoms with Crippen LogP contribution in [-0.2, 0) is 0 Å². The number of nitrogen functional groups attached to an aromatic ring is 2. The van der Waals surface area contributed by atoms with E-state index in [-0.39, 0.29) is 12.1 Å². The Balaban J connectivity index is 1.80. The second kappa shape index (κ2) is 10.5. The Kier molecular flexibility index (Phi) is 7.08. The van der Waals surface area contributed by atoms with Crippen LogP contribution in [0.25, 0.3) is 0 Å². The zero-order valence-electron chi connectivity index (χ0n) is 19.4. The number of hydrogen-bond donors (Lipinski definition) is 4. The van der Waals surface area contributed by atoms with Crippen molar-refractivity contribution in [1.29, 1.82) is 0 Å². The van der Waals surface area contributed by atoms with Gasteiger partial charge in [0.25, 0.3) is 0 Å². The van der Waals surface area contributed by atoms with Crippen LogP contribution < -0.4 is 31.6 Å². The summed E-state index contributed by atoms with van der Waals surface area (Å²) in [7, 11) is 3.31. The van der Waals surface area contributed by atoms with Gasteiger partial charge in [0.05, 0.1) is 26.3 Å². The van der Waals surface area contributed by atoms with Crippen molar-refractivity contribution in [3.05, 3.63) is 108 Å². The van der Waals surface area contributed by atoms with Gasteiger partial charge in [-0.2, -0.15) is 0 Å². The van der Waals surface area contributed by atoms with Gasteiger partial charge in [0.15, 0.2) is 0 Å². The van der Waals surface area contributed by atoms with Crippen molar-refractivity contribution in [3.8, 4) is 11.5 Å². The van der Waals surface area contributed by atoms with Crippen LogP contribution in [-0.4, -0.2) is 14.2 Å². The number of anilines is 4. The molecule has 0 aliphatic rings. The maximum atomic E-state index is 6.47. The predicted molar refractivity (Wildman–Crippen MR) is 140 cm³/mol. The minimum absolute atomic E-state index is 0.235. The molecule has 0 radical (unpaired) electrons. The highest BCUT2D eigenvalue weighted by molar-refractivity contribution is 5.60. The van der Waals surface area contributed by atoms with Gasteiger partial charge in [-0.25, -0.2) is 0 Å². The highest BCUT2D eigenvalue weighted by Gasteiger charge is 2.28. The second-order valence-corrected chi connectivity index (χ2v) is 7.96. The normalized spacial score (nSPS) is 12.4. The maximum absolute atomic E-state index is 6.47. The average molecular weight is 455 g/mol. The minimum Gasteiger partial charge on any atom is -0.497 e. The number of methoxy groups -OCH3 is 2. The average Bonchev–Trinajstić information content (AvgIpc) is 2.88. The van der Waals surface area contributed by atoms with Gasteiger partial charge in [0.2, 0.25) is 0 Å². The van der Waals surface area contributed by atoms with Gasteiger partial charge in [-0.3, -0.25) is 0 Å². The first-order valence-electron chi connectivity index (χ1n) is 11.1. The lowest BCUT2D eigenvalue weighted by Crippen LogP contribution is -2.27. The van der Waals surface area contributed by atoms with Gasteiger partial charge in [-0.15, -0.1) is 0 Å². The molecule has 6 N–H and O–H groups in total. The van der Waals surface area contributed by atoms with Crippen LogP contribution >= 0.6 is 0 Å². The number of nitrogens with two attached hydrogens (primary N) is 2. The number of ether oxygens (including phenoxy) is 2. The molecule has 34 heavy (non-hydrogen) atoms. The molecule has 4 aromatic carbocycles. The zero-order valence-corrected chi connectivity index (χ0v) is 19.4. The molecule has 6 heteroatoms. The second-order valence-electron chi connectivity index (χ2n) is 7.96. The number of benzene rings is 4. The van der Waals surface area contributed by atoms with E-state index in [4.69, 9.17) is 20.9 Å². The van der Waals surface area contributed by atoms with Gasteiger partial charge in [0, 0.05) is 22.7 Å². The molecule has 0 aromatic heterocycles. The van der Waals surface area contributed by atoms with Crippen molar-refractivity contribution in [3.63, 3.8) is 0 Å². The molecule has 0 aliphatic heterocycles. The van der Waals surface area contributed by atoms with E-state index in [2.05, 4.69) is 10.6 Å². The van der Waals surface area contributed by atoms with E-state index in [9.17, 15) is 0 Å². The predicted octanol–water partition coefficient (Wildman–Crippen LogP) is 5.87. The minimum atomic E-state index is -0.235. The molecule has 0 fully saturated rings. The Labute approximate surface area is 200 Å². The molecular formula is C28H30N4O2. The highest BCUT2D eigenvalue weighted by atomic mass is 16.5. The monoisotopic (exact) mass is 454 g/mol. The molecule has 2 atom stereocenters. The van der Waals surface area contributed by atoms with Gasteiger partial charge < -0.3 is 31.6 Å². The number of para-hydroxylation sites is 2. The smallest absolute Gasteiger partial charge is 0.119 e. The molecule has 4 aromatic rings. The van der Waals surface area contributed by atoms with Crippen LogP contribution in [0.15, 0.2) is 97.1 Å². The molecule has 2 unspecified atom stereocenters. The van der Waals surface area contributed by atoms with Crippen molar-refractivity contribution in [2.24, 2.45) is 0 Å². The summed E-state index contributed by atoms with van der Waals surface area (Å²) < 4.78 is 10.6. The number of hydrogen-bond acceptors (Lipinski definition) is 6. The molecule has 0 saturated heterocycles. The van der Waals surface area contributed by atoms with Crippen molar-refractivity contribution in [2.75, 3.05) is 36.3 Å². The van der Waals surface area contributed by atoms with Crippen LogP contribution in [0.2, 0.25) is 0 Å². The molecular weight excluding hydrogens is 424 g/mol. The summed E-state index contributed by atoms with van der Waals surface area (Å²) in [5.74, 6) is 1.59. The molecule has 4 rings (SSSR count). The molecule has 0 saturated carbocycles. The van der Waals surface area contributed by atoms with Gasteiger partial charge in [-0.05, 0) is 71.8 Å². The Hall–Kier alpha value is -4.32. The molecule has 174 valence electrons. The topological polar surface area (TPSA) is 94.6 Å². The van der Waals surface area contributed by atoms with E-state index < -0.39 is 0 Å². The summed E-state index contributed by atoms with van der Waals surface area (Å²) in [5.41, 5.74) is 18.1. The fourth-order valence-electron chi connectivity index (χ4n) is 4.00. The van der Waals surface area contributed by atoms with E-state index in [0.717, 1.165) is 34.0 Å². The molecule has 0 heterocycles. The van der Waals surface area contributed by atoms with Gasteiger partial charge in [-0.1, -0.05) is 36.4 Å². The molecule has 0 amide bonds. The van der Waals surface area contributed by atoms with Crippen LogP contribution in [0, 0.1) is 0 Å². The number of rotatable bonds is 9. The standard InChI is InChI=1S/C28H30N4O2/c1-33-21-15-11-19(12-16-21)31-27(23-7-3-5-9-25(23)29)28(24-8-4-6-10-26(24)30)32-20-13-17-22(34-2)18-14-20/h3-18,27-28,31-32H,29-30H2,1-2H3. The lowest BCUT2D eigenvalue weighted by atomic mass is 9.90. The van der Waals surface area contributed by atoms with Gasteiger partial charge in [0.1, 0.15) is 11.5 Å². The lowest BCUT2D eigenvalue weighted by molar-refractivity contribution is 0.414. The summed E-state index contributed by atoms with van der Waals surface area (Å²) in [4.78, 5) is 0.